The maximum atomic E-state index is 13.0. The van der Waals surface area contributed by atoms with E-state index in [1.165, 1.54) is 161 Å². The Morgan fingerprint density at radius 2 is 0.516 bits per heavy atom. The van der Waals surface area contributed by atoms with Gasteiger partial charge in [0.25, 0.3) is 0 Å². The molecule has 0 aromatic heterocycles. The maximum absolute atomic E-state index is 13.0. The summed E-state index contributed by atoms with van der Waals surface area (Å²) >= 11 is 0. The summed E-state index contributed by atoms with van der Waals surface area (Å²) in [4.78, 5) is 72.6. The third kappa shape index (κ3) is 65.8. The lowest BCUT2D eigenvalue weighted by Crippen LogP contribution is -2.30. The molecule has 19 heteroatoms. The Balaban J connectivity index is 5.18. The molecule has 552 valence electrons. The van der Waals surface area contributed by atoms with Gasteiger partial charge in [-0.15, -0.1) is 0 Å². The Morgan fingerprint density at radius 1 is 0.301 bits per heavy atom. The minimum Gasteiger partial charge on any atom is -0.462 e. The minimum atomic E-state index is -4.96. The van der Waals surface area contributed by atoms with Crippen LogP contribution < -0.4 is 0 Å². The van der Waals surface area contributed by atoms with E-state index in [9.17, 15) is 43.2 Å². The molecule has 0 radical (unpaired) electrons. The number of carbonyl (C=O) groups excluding carboxylic acids is 4. The Labute approximate surface area is 568 Å². The van der Waals surface area contributed by atoms with Crippen molar-refractivity contribution in [3.05, 3.63) is 0 Å². The van der Waals surface area contributed by atoms with Crippen molar-refractivity contribution >= 4 is 39.5 Å². The summed E-state index contributed by atoms with van der Waals surface area (Å²) in [7, 11) is -9.91. The zero-order valence-corrected chi connectivity index (χ0v) is 62.7. The fourth-order valence-electron chi connectivity index (χ4n) is 11.1. The molecule has 7 atom stereocenters. The molecule has 0 aliphatic rings. The summed E-state index contributed by atoms with van der Waals surface area (Å²) in [5, 5.41) is 10.6. The van der Waals surface area contributed by atoms with Crippen LogP contribution >= 0.6 is 15.6 Å². The number of phosphoric ester groups is 2. The van der Waals surface area contributed by atoms with Crippen LogP contribution in [0.25, 0.3) is 0 Å². The van der Waals surface area contributed by atoms with Crippen molar-refractivity contribution in [2.45, 2.75) is 388 Å². The Hall–Kier alpha value is -1.94. The van der Waals surface area contributed by atoms with Gasteiger partial charge in [-0.05, 0) is 49.4 Å². The van der Waals surface area contributed by atoms with Crippen LogP contribution in [0.5, 0.6) is 0 Å². The fourth-order valence-corrected chi connectivity index (χ4v) is 12.7. The van der Waals surface area contributed by atoms with Crippen molar-refractivity contribution in [1.82, 2.24) is 0 Å². The molecule has 0 rings (SSSR count). The number of hydrogen-bond donors (Lipinski definition) is 3. The number of carbonyl (C=O) groups is 4. The monoisotopic (exact) mass is 1370 g/mol. The summed E-state index contributed by atoms with van der Waals surface area (Å²) in [6, 6.07) is 0. The Bertz CT molecular complexity index is 1840. The molecular formula is C74H144O17P2. The minimum absolute atomic E-state index is 0.104. The highest BCUT2D eigenvalue weighted by Gasteiger charge is 2.30. The molecule has 17 nitrogen and oxygen atoms in total. The van der Waals surface area contributed by atoms with Gasteiger partial charge >= 0.3 is 39.5 Å². The lowest BCUT2D eigenvalue weighted by molar-refractivity contribution is -0.161. The van der Waals surface area contributed by atoms with Crippen molar-refractivity contribution in [1.29, 1.82) is 0 Å². The lowest BCUT2D eigenvalue weighted by Gasteiger charge is -2.21. The van der Waals surface area contributed by atoms with Gasteiger partial charge in [0, 0.05) is 25.7 Å². The third-order valence-corrected chi connectivity index (χ3v) is 19.7. The van der Waals surface area contributed by atoms with Gasteiger partial charge in [0.05, 0.1) is 26.4 Å². The summed E-state index contributed by atoms with van der Waals surface area (Å²) in [5.74, 6) is 0.891. The number of ether oxygens (including phenoxy) is 4. The Morgan fingerprint density at radius 3 is 0.763 bits per heavy atom. The first-order valence-electron chi connectivity index (χ1n) is 38.3. The van der Waals surface area contributed by atoms with Crippen molar-refractivity contribution in [2.24, 2.45) is 23.7 Å². The molecule has 0 aromatic carbocycles. The van der Waals surface area contributed by atoms with Crippen molar-refractivity contribution in [3.8, 4) is 0 Å². The summed E-state index contributed by atoms with van der Waals surface area (Å²) in [5.41, 5.74) is 0. The standard InChI is InChI=1S/C74H144O17P2/c1-9-66(7)52-44-36-30-32-38-46-54-71(76)84-60-69(90-73(78)56-48-40-28-24-20-18-16-14-12-11-13-15-17-19-22-26-34-42-50-64(3)4)62-88-92(80,81)86-58-68(75)59-87-93(82,83)89-63-70(61-85-72(77)55-47-39-33-31-37-45-53-67(8)10-2)91-74(79)57-49-41-29-25-21-23-27-35-43-51-65(5)6/h64-70,75H,9-63H2,1-8H3,(H,80,81)(H,82,83)/t66?,67?,68-,69+,70+/m0/s1. The number of esters is 4. The van der Waals surface area contributed by atoms with E-state index in [-0.39, 0.29) is 25.7 Å². The van der Waals surface area contributed by atoms with Crippen molar-refractivity contribution in [3.63, 3.8) is 0 Å². The molecule has 0 saturated heterocycles. The first-order valence-corrected chi connectivity index (χ1v) is 41.3. The van der Waals surface area contributed by atoms with Crippen LogP contribution in [0.2, 0.25) is 0 Å². The molecule has 0 amide bonds. The second-order valence-corrected chi connectivity index (χ2v) is 31.0. The first kappa shape index (κ1) is 91.1. The van der Waals surface area contributed by atoms with Gasteiger partial charge in [0.15, 0.2) is 12.2 Å². The SMILES string of the molecule is CCC(C)CCCCCCCCC(=O)OC[C@H](COP(=O)(O)OC[C@H](O)COP(=O)(O)OC[C@@H](COC(=O)CCCCCCCCC(C)CC)OC(=O)CCCCCCCCCCCC(C)C)OC(=O)CCCCCCCCCCCCCCCCCCCCC(C)C. The van der Waals surface area contributed by atoms with E-state index >= 15 is 0 Å². The molecular weight excluding hydrogens is 1220 g/mol. The third-order valence-electron chi connectivity index (χ3n) is 17.8. The van der Waals surface area contributed by atoms with Gasteiger partial charge in [0.1, 0.15) is 19.3 Å². The van der Waals surface area contributed by atoms with E-state index in [0.29, 0.717) is 25.7 Å². The Kier molecular flexibility index (Phi) is 62.2. The molecule has 0 fully saturated rings. The zero-order valence-electron chi connectivity index (χ0n) is 60.9. The van der Waals surface area contributed by atoms with E-state index < -0.39 is 97.5 Å². The van der Waals surface area contributed by atoms with E-state index in [1.54, 1.807) is 0 Å². The van der Waals surface area contributed by atoms with Crippen LogP contribution in [0.3, 0.4) is 0 Å². The zero-order chi connectivity index (χ0) is 68.9. The van der Waals surface area contributed by atoms with Crippen LogP contribution in [0.1, 0.15) is 370 Å². The number of phosphoric acid groups is 2. The molecule has 0 aliphatic carbocycles. The topological polar surface area (TPSA) is 237 Å². The van der Waals surface area contributed by atoms with Crippen LogP contribution in [-0.2, 0) is 65.4 Å². The van der Waals surface area contributed by atoms with E-state index in [4.69, 9.17) is 37.0 Å². The molecule has 93 heavy (non-hydrogen) atoms. The molecule has 0 bridgehead atoms. The smallest absolute Gasteiger partial charge is 0.462 e. The van der Waals surface area contributed by atoms with Crippen LogP contribution in [0.4, 0.5) is 0 Å². The number of unbranched alkanes of at least 4 members (excludes halogenated alkanes) is 35. The van der Waals surface area contributed by atoms with Gasteiger partial charge in [-0.2, -0.15) is 0 Å². The average Bonchev–Trinajstić information content (AvgIpc) is 2.17. The summed E-state index contributed by atoms with van der Waals surface area (Å²) in [6.07, 6.45) is 47.4. The summed E-state index contributed by atoms with van der Waals surface area (Å²) < 4.78 is 68.4. The molecule has 4 unspecified atom stereocenters. The molecule has 0 saturated carbocycles. The van der Waals surface area contributed by atoms with E-state index in [0.717, 1.165) is 126 Å². The van der Waals surface area contributed by atoms with Gasteiger partial charge in [0.2, 0.25) is 0 Å². The van der Waals surface area contributed by atoms with Gasteiger partial charge in [-0.25, -0.2) is 9.13 Å². The van der Waals surface area contributed by atoms with E-state index in [1.807, 2.05) is 0 Å². The van der Waals surface area contributed by atoms with Crippen LogP contribution in [0.15, 0.2) is 0 Å². The molecule has 0 heterocycles. The number of rotatable bonds is 71. The van der Waals surface area contributed by atoms with Crippen LogP contribution in [-0.4, -0.2) is 96.7 Å². The molecule has 0 aromatic rings. The predicted molar refractivity (Wildman–Crippen MR) is 377 cm³/mol. The molecule has 0 spiro atoms. The highest BCUT2D eigenvalue weighted by Crippen LogP contribution is 2.45. The maximum Gasteiger partial charge on any atom is 0.472 e. The lowest BCUT2D eigenvalue weighted by atomic mass is 10.00. The van der Waals surface area contributed by atoms with Crippen LogP contribution in [0, 0.1) is 23.7 Å². The largest absolute Gasteiger partial charge is 0.472 e. The number of aliphatic hydroxyl groups is 1. The number of hydrogen-bond acceptors (Lipinski definition) is 15. The predicted octanol–water partition coefficient (Wildman–Crippen LogP) is 21.3. The van der Waals surface area contributed by atoms with Crippen molar-refractivity contribution < 1.29 is 80.2 Å². The summed E-state index contributed by atoms with van der Waals surface area (Å²) in [6.45, 7) is 14.1. The fraction of sp³-hybridized carbons (Fsp3) is 0.946. The average molecular weight is 1370 g/mol. The quantitative estimate of drug-likeness (QED) is 0.0222. The molecule has 0 aliphatic heterocycles. The normalized spacial score (nSPS) is 14.8. The second kappa shape index (κ2) is 63.5. The molecule has 3 N–H and O–H groups in total. The van der Waals surface area contributed by atoms with Gasteiger partial charge in [-0.3, -0.25) is 37.3 Å². The highest BCUT2D eigenvalue weighted by atomic mass is 31.2. The van der Waals surface area contributed by atoms with E-state index in [2.05, 4.69) is 55.4 Å². The van der Waals surface area contributed by atoms with Gasteiger partial charge < -0.3 is 33.8 Å². The highest BCUT2D eigenvalue weighted by molar-refractivity contribution is 7.47. The second-order valence-electron chi connectivity index (χ2n) is 28.1. The van der Waals surface area contributed by atoms with Gasteiger partial charge in [-0.1, -0.05) is 319 Å². The first-order chi connectivity index (χ1) is 44.7. The van der Waals surface area contributed by atoms with Crippen molar-refractivity contribution in [2.75, 3.05) is 39.6 Å². The number of aliphatic hydroxyl groups excluding tert-OH is 1.